The van der Waals surface area contributed by atoms with Gasteiger partial charge in [-0.2, -0.15) is 0 Å². The van der Waals surface area contributed by atoms with E-state index in [1.807, 2.05) is 7.05 Å². The lowest BCUT2D eigenvalue weighted by Gasteiger charge is -2.33. The van der Waals surface area contributed by atoms with E-state index in [0.29, 0.717) is 0 Å². The number of hydrogen-bond donors (Lipinski definition) is 2. The van der Waals surface area contributed by atoms with Crippen LogP contribution in [0.25, 0.3) is 0 Å². The van der Waals surface area contributed by atoms with Gasteiger partial charge in [0.25, 0.3) is 0 Å². The van der Waals surface area contributed by atoms with Crippen molar-refractivity contribution in [1.29, 1.82) is 0 Å². The van der Waals surface area contributed by atoms with Crippen molar-refractivity contribution in [3.63, 3.8) is 0 Å². The monoisotopic (exact) mass is 256 g/mol. The van der Waals surface area contributed by atoms with Gasteiger partial charge in [-0.15, -0.1) is 0 Å². The Hall–Kier alpha value is -0.770. The minimum Gasteiger partial charge on any atom is -0.356 e. The van der Waals surface area contributed by atoms with E-state index >= 15 is 0 Å². The molecule has 0 aliphatic heterocycles. The fraction of sp³-hybridized carbons (Fsp3) is 0.929. The summed E-state index contributed by atoms with van der Waals surface area (Å²) < 4.78 is 0. The van der Waals surface area contributed by atoms with E-state index in [0.717, 1.165) is 25.0 Å². The minimum absolute atomic E-state index is 0.121. The molecule has 0 saturated heterocycles. The van der Waals surface area contributed by atoms with Crippen LogP contribution in [-0.4, -0.2) is 50.6 Å². The van der Waals surface area contributed by atoms with Gasteiger partial charge in [-0.25, -0.2) is 0 Å². The number of hydrogen-bond acceptors (Lipinski definition) is 2. The van der Waals surface area contributed by atoms with E-state index in [1.54, 1.807) is 0 Å². The summed E-state index contributed by atoms with van der Waals surface area (Å²) in [7, 11) is 6.02. The van der Waals surface area contributed by atoms with Crippen molar-refractivity contribution in [3.05, 3.63) is 0 Å². The summed E-state index contributed by atoms with van der Waals surface area (Å²) in [5, 5.41) is 6.73. The highest BCUT2D eigenvalue weighted by molar-refractivity contribution is 5.79. The third kappa shape index (κ3) is 7.54. The van der Waals surface area contributed by atoms with Gasteiger partial charge in [0.15, 0.2) is 5.96 Å². The molecule has 0 aromatic carbocycles. The van der Waals surface area contributed by atoms with E-state index in [-0.39, 0.29) is 5.54 Å². The van der Waals surface area contributed by atoms with Gasteiger partial charge in [-0.05, 0) is 46.7 Å². The molecule has 0 aromatic heterocycles. The van der Waals surface area contributed by atoms with Crippen LogP contribution in [-0.2, 0) is 0 Å². The standard InChI is InChI=1S/C14H32N4/c1-12(2)9-8-10-16-13(15-5)17-11-14(3,4)18(6)7/h12H,8-11H2,1-7H3,(H2,15,16,17). The van der Waals surface area contributed by atoms with Gasteiger partial charge in [-0.3, -0.25) is 4.99 Å². The molecular weight excluding hydrogens is 224 g/mol. The van der Waals surface area contributed by atoms with Crippen LogP contribution in [0.15, 0.2) is 4.99 Å². The van der Waals surface area contributed by atoms with Gasteiger partial charge in [0.05, 0.1) is 0 Å². The topological polar surface area (TPSA) is 39.7 Å². The van der Waals surface area contributed by atoms with Crippen LogP contribution in [0.2, 0.25) is 0 Å². The molecule has 2 N–H and O–H groups in total. The van der Waals surface area contributed by atoms with E-state index in [2.05, 4.69) is 62.3 Å². The number of guanidine groups is 1. The third-order valence-electron chi connectivity index (χ3n) is 3.37. The van der Waals surface area contributed by atoms with Gasteiger partial charge in [0.2, 0.25) is 0 Å². The molecule has 0 saturated carbocycles. The second kappa shape index (κ2) is 8.35. The zero-order chi connectivity index (χ0) is 14.2. The summed E-state index contributed by atoms with van der Waals surface area (Å²) in [5.74, 6) is 1.67. The molecule has 0 spiro atoms. The fourth-order valence-electron chi connectivity index (χ4n) is 1.40. The maximum absolute atomic E-state index is 4.24. The molecule has 0 rings (SSSR count). The Labute approximate surface area is 113 Å². The van der Waals surface area contributed by atoms with Gasteiger partial charge >= 0.3 is 0 Å². The van der Waals surface area contributed by atoms with E-state index in [4.69, 9.17) is 0 Å². The molecule has 4 nitrogen and oxygen atoms in total. The highest BCUT2D eigenvalue weighted by Crippen LogP contribution is 2.07. The molecule has 4 heteroatoms. The molecule has 0 heterocycles. The molecule has 0 amide bonds. The highest BCUT2D eigenvalue weighted by atomic mass is 15.2. The zero-order valence-corrected chi connectivity index (χ0v) is 13.3. The van der Waals surface area contributed by atoms with E-state index < -0.39 is 0 Å². The lowest BCUT2D eigenvalue weighted by Crippen LogP contribution is -2.50. The zero-order valence-electron chi connectivity index (χ0n) is 13.3. The lowest BCUT2D eigenvalue weighted by molar-refractivity contribution is 0.197. The molecule has 0 atom stereocenters. The Morgan fingerprint density at radius 1 is 1.22 bits per heavy atom. The number of likely N-dealkylation sites (N-methyl/N-ethyl adjacent to an activating group) is 1. The summed E-state index contributed by atoms with van der Waals surface area (Å²) in [5.41, 5.74) is 0.121. The van der Waals surface area contributed by atoms with Crippen LogP contribution in [0.3, 0.4) is 0 Å². The van der Waals surface area contributed by atoms with Crippen molar-refractivity contribution in [2.45, 2.75) is 46.1 Å². The first-order chi connectivity index (χ1) is 8.29. The first kappa shape index (κ1) is 17.2. The van der Waals surface area contributed by atoms with Crippen LogP contribution in [0.5, 0.6) is 0 Å². The predicted octanol–water partition coefficient (Wildman–Crippen LogP) is 1.93. The van der Waals surface area contributed by atoms with Crippen molar-refractivity contribution >= 4 is 5.96 Å². The molecule has 0 bridgehead atoms. The Morgan fingerprint density at radius 3 is 2.28 bits per heavy atom. The smallest absolute Gasteiger partial charge is 0.191 e. The van der Waals surface area contributed by atoms with Crippen molar-refractivity contribution in [3.8, 4) is 0 Å². The Bertz CT molecular complexity index is 244. The molecule has 0 aliphatic carbocycles. The molecule has 0 aromatic rings. The van der Waals surface area contributed by atoms with Crippen LogP contribution in [0, 0.1) is 5.92 Å². The van der Waals surface area contributed by atoms with Crippen molar-refractivity contribution in [2.24, 2.45) is 10.9 Å². The molecule has 0 aliphatic rings. The number of nitrogens with one attached hydrogen (secondary N) is 2. The average Bonchev–Trinajstić information content (AvgIpc) is 2.27. The largest absolute Gasteiger partial charge is 0.356 e. The maximum Gasteiger partial charge on any atom is 0.191 e. The number of aliphatic imine (C=N–C) groups is 1. The van der Waals surface area contributed by atoms with Crippen molar-refractivity contribution < 1.29 is 0 Å². The second-order valence-corrected chi connectivity index (χ2v) is 6.10. The van der Waals surface area contributed by atoms with Crippen LogP contribution in [0.4, 0.5) is 0 Å². The third-order valence-corrected chi connectivity index (χ3v) is 3.37. The molecule has 0 radical (unpaired) electrons. The van der Waals surface area contributed by atoms with Gasteiger partial charge in [0, 0.05) is 25.7 Å². The molecular formula is C14H32N4. The summed E-state index contributed by atoms with van der Waals surface area (Å²) >= 11 is 0. The van der Waals surface area contributed by atoms with Gasteiger partial charge in [-0.1, -0.05) is 13.8 Å². The summed E-state index contributed by atoms with van der Waals surface area (Å²) in [4.78, 5) is 6.46. The first-order valence-electron chi connectivity index (χ1n) is 6.91. The minimum atomic E-state index is 0.121. The van der Waals surface area contributed by atoms with E-state index in [1.165, 1.54) is 12.8 Å². The summed E-state index contributed by atoms with van der Waals surface area (Å²) in [6.07, 6.45) is 2.45. The lowest BCUT2D eigenvalue weighted by atomic mass is 10.0. The van der Waals surface area contributed by atoms with Crippen molar-refractivity contribution in [1.82, 2.24) is 15.5 Å². The van der Waals surface area contributed by atoms with Crippen LogP contribution in [0.1, 0.15) is 40.5 Å². The quantitative estimate of drug-likeness (QED) is 0.415. The molecule has 0 fully saturated rings. The maximum atomic E-state index is 4.24. The number of nitrogens with zero attached hydrogens (tertiary/aromatic N) is 2. The Balaban J connectivity index is 3.92. The summed E-state index contributed by atoms with van der Waals surface area (Å²) in [6, 6.07) is 0. The van der Waals surface area contributed by atoms with E-state index in [9.17, 15) is 0 Å². The van der Waals surface area contributed by atoms with Crippen molar-refractivity contribution in [2.75, 3.05) is 34.2 Å². The van der Waals surface area contributed by atoms with Crippen LogP contribution >= 0.6 is 0 Å². The SMILES string of the molecule is CN=C(NCCCC(C)C)NCC(C)(C)N(C)C. The summed E-state index contributed by atoms with van der Waals surface area (Å²) in [6.45, 7) is 10.8. The Morgan fingerprint density at radius 2 is 1.83 bits per heavy atom. The normalized spacial score (nSPS) is 13.3. The molecule has 108 valence electrons. The fourth-order valence-corrected chi connectivity index (χ4v) is 1.40. The molecule has 0 unspecified atom stereocenters. The Kier molecular flexibility index (Phi) is 8.00. The second-order valence-electron chi connectivity index (χ2n) is 6.10. The molecule has 18 heavy (non-hydrogen) atoms. The van der Waals surface area contributed by atoms with Gasteiger partial charge in [0.1, 0.15) is 0 Å². The number of rotatable bonds is 7. The predicted molar refractivity (Wildman–Crippen MR) is 81.2 cm³/mol. The van der Waals surface area contributed by atoms with Gasteiger partial charge < -0.3 is 15.5 Å². The van der Waals surface area contributed by atoms with Crippen LogP contribution < -0.4 is 10.6 Å². The average molecular weight is 256 g/mol. The first-order valence-corrected chi connectivity index (χ1v) is 6.91. The highest BCUT2D eigenvalue weighted by Gasteiger charge is 2.20.